The molecule has 1 heterocycles. The number of methoxy groups -OCH3 is 1. The van der Waals surface area contributed by atoms with Gasteiger partial charge < -0.3 is 35.5 Å². The Labute approximate surface area is 213 Å². The minimum Gasteiger partial charge on any atom is -0.481 e. The molecule has 1 aromatic rings. The first-order chi connectivity index (χ1) is 17.1. The van der Waals surface area contributed by atoms with Gasteiger partial charge in [-0.3, -0.25) is 9.59 Å². The first-order valence-electron chi connectivity index (χ1n) is 11.0. The van der Waals surface area contributed by atoms with Crippen molar-refractivity contribution in [3.8, 4) is 0 Å². The normalized spacial score (nSPS) is 14.9. The van der Waals surface area contributed by atoms with Crippen LogP contribution in [0.5, 0.6) is 0 Å². The molecule has 12 heteroatoms. The fourth-order valence-electron chi connectivity index (χ4n) is 3.33. The molecular formula is C24H31ClN2O9. The lowest BCUT2D eigenvalue weighted by Gasteiger charge is -2.31. The van der Waals surface area contributed by atoms with Gasteiger partial charge in [-0.15, -0.1) is 0 Å². The number of carbonyl (C=O) groups is 4. The van der Waals surface area contributed by atoms with Crippen LogP contribution >= 0.6 is 11.6 Å². The number of aliphatic carboxylic acids is 2. The van der Waals surface area contributed by atoms with Gasteiger partial charge in [-0.25, -0.2) is 9.59 Å². The minimum absolute atomic E-state index is 0.109. The summed E-state index contributed by atoms with van der Waals surface area (Å²) in [6.45, 7) is 4.42. The number of carboxylic acid groups (broad SMARTS) is 2. The van der Waals surface area contributed by atoms with Gasteiger partial charge >= 0.3 is 23.9 Å². The fraction of sp³-hybridized carbons (Fsp3) is 0.417. The van der Waals surface area contributed by atoms with Crippen LogP contribution in [-0.4, -0.2) is 67.6 Å². The number of esters is 2. The van der Waals surface area contributed by atoms with E-state index >= 15 is 0 Å². The summed E-state index contributed by atoms with van der Waals surface area (Å²) in [5.74, 6) is -4.02. The molecule has 2 rings (SSSR count). The van der Waals surface area contributed by atoms with Gasteiger partial charge in [-0.1, -0.05) is 29.8 Å². The number of ether oxygens (including phenoxy) is 3. The average molecular weight is 527 g/mol. The molecule has 0 saturated heterocycles. The third-order valence-corrected chi connectivity index (χ3v) is 5.17. The second-order valence-electron chi connectivity index (χ2n) is 7.35. The maximum Gasteiger partial charge on any atom is 0.336 e. The number of nitrogens with two attached hydrogens (primary N) is 1. The monoisotopic (exact) mass is 526 g/mol. The zero-order chi connectivity index (χ0) is 27.3. The van der Waals surface area contributed by atoms with E-state index in [1.165, 1.54) is 7.11 Å². The van der Waals surface area contributed by atoms with Crippen molar-refractivity contribution in [1.82, 2.24) is 5.32 Å². The number of rotatable bonds is 11. The van der Waals surface area contributed by atoms with Gasteiger partial charge in [0.05, 0.1) is 62.5 Å². The maximum atomic E-state index is 12.9. The summed E-state index contributed by atoms with van der Waals surface area (Å²) in [6, 6.07) is 7.05. The molecule has 0 radical (unpaired) electrons. The number of dihydropyridines is 1. The van der Waals surface area contributed by atoms with Gasteiger partial charge in [0.1, 0.15) is 0 Å². The Morgan fingerprint density at radius 3 is 2.17 bits per heavy atom. The molecular weight excluding hydrogens is 496 g/mol. The van der Waals surface area contributed by atoms with Gasteiger partial charge in [0.15, 0.2) is 0 Å². The summed E-state index contributed by atoms with van der Waals surface area (Å²) in [5, 5.41) is 19.3. The summed E-state index contributed by atoms with van der Waals surface area (Å²) in [5.41, 5.74) is 7.70. The largest absolute Gasteiger partial charge is 0.481 e. The first kappa shape index (κ1) is 30.6. The molecule has 0 aliphatic carbocycles. The van der Waals surface area contributed by atoms with E-state index < -0.39 is 29.8 Å². The Morgan fingerprint density at radius 1 is 1.06 bits per heavy atom. The second-order valence-corrected chi connectivity index (χ2v) is 7.76. The average Bonchev–Trinajstić information content (AvgIpc) is 2.83. The van der Waals surface area contributed by atoms with E-state index in [2.05, 4.69) is 5.32 Å². The van der Waals surface area contributed by atoms with Crippen molar-refractivity contribution < 1.29 is 43.6 Å². The van der Waals surface area contributed by atoms with Crippen LogP contribution in [0.25, 0.3) is 0 Å². The van der Waals surface area contributed by atoms with Crippen LogP contribution in [0.3, 0.4) is 0 Å². The van der Waals surface area contributed by atoms with Crippen LogP contribution < -0.4 is 11.1 Å². The SMILES string of the molecule is CCOC(=O)C1=C(COCCN)NC(C)=C(C(=O)OC)C1c1ccccc1Cl.O=C(O)CCC(=O)O. The van der Waals surface area contributed by atoms with Crippen molar-refractivity contribution in [2.45, 2.75) is 32.6 Å². The Morgan fingerprint density at radius 2 is 1.67 bits per heavy atom. The summed E-state index contributed by atoms with van der Waals surface area (Å²) >= 11 is 6.42. The standard InChI is InChI=1S/C20H25ClN2O5.C4H6O4/c1-4-28-20(25)18-15(11-27-10-9-22)23-12(2)16(19(24)26-3)17(18)13-7-5-6-8-14(13)21;5-3(6)1-2-4(7)8/h5-8,17,23H,4,9-11,22H2,1-3H3;1-2H2,(H,5,6)(H,7,8). The molecule has 198 valence electrons. The van der Waals surface area contributed by atoms with Crippen LogP contribution in [0.2, 0.25) is 5.02 Å². The number of nitrogens with one attached hydrogen (secondary N) is 1. The summed E-state index contributed by atoms with van der Waals surface area (Å²) in [7, 11) is 1.29. The predicted molar refractivity (Wildman–Crippen MR) is 130 cm³/mol. The zero-order valence-corrected chi connectivity index (χ0v) is 21.1. The molecule has 1 atom stereocenters. The molecule has 36 heavy (non-hydrogen) atoms. The molecule has 0 aromatic heterocycles. The molecule has 5 N–H and O–H groups in total. The Kier molecular flexibility index (Phi) is 13.2. The van der Waals surface area contributed by atoms with E-state index in [4.69, 9.17) is 41.8 Å². The molecule has 0 spiro atoms. The van der Waals surface area contributed by atoms with Crippen molar-refractivity contribution in [1.29, 1.82) is 0 Å². The van der Waals surface area contributed by atoms with Gasteiger partial charge in [-0.05, 0) is 25.5 Å². The second kappa shape index (κ2) is 15.6. The highest BCUT2D eigenvalue weighted by Crippen LogP contribution is 2.41. The van der Waals surface area contributed by atoms with E-state index in [0.717, 1.165) is 0 Å². The predicted octanol–water partition coefficient (Wildman–Crippen LogP) is 2.20. The maximum absolute atomic E-state index is 12.9. The molecule has 0 amide bonds. The number of hydrogen-bond acceptors (Lipinski definition) is 9. The van der Waals surface area contributed by atoms with Gasteiger partial charge in [0, 0.05) is 17.3 Å². The molecule has 1 aliphatic heterocycles. The summed E-state index contributed by atoms with van der Waals surface area (Å²) in [4.78, 5) is 44.7. The number of halogens is 1. The fourth-order valence-corrected chi connectivity index (χ4v) is 3.58. The third kappa shape index (κ3) is 8.99. The van der Waals surface area contributed by atoms with Crippen LogP contribution in [0.4, 0.5) is 0 Å². The van der Waals surface area contributed by atoms with E-state index in [1.54, 1.807) is 38.1 Å². The molecule has 0 fully saturated rings. The molecule has 1 unspecified atom stereocenters. The summed E-state index contributed by atoms with van der Waals surface area (Å²) < 4.78 is 15.8. The molecule has 0 saturated carbocycles. The third-order valence-electron chi connectivity index (χ3n) is 4.82. The molecule has 11 nitrogen and oxygen atoms in total. The number of hydrogen-bond donors (Lipinski definition) is 4. The Balaban J connectivity index is 0.000000697. The van der Waals surface area contributed by atoms with Gasteiger partial charge in [-0.2, -0.15) is 0 Å². The Hall–Kier alpha value is -3.41. The lowest BCUT2D eigenvalue weighted by atomic mass is 9.80. The number of carbonyl (C=O) groups excluding carboxylic acids is 2. The topological polar surface area (TPSA) is 174 Å². The van der Waals surface area contributed by atoms with Crippen LogP contribution in [0.1, 0.15) is 38.2 Å². The summed E-state index contributed by atoms with van der Waals surface area (Å²) in [6.07, 6.45) is -0.593. The highest BCUT2D eigenvalue weighted by molar-refractivity contribution is 6.31. The van der Waals surface area contributed by atoms with Crippen LogP contribution in [0, 0.1) is 0 Å². The van der Waals surface area contributed by atoms with Gasteiger partial charge in [0.2, 0.25) is 0 Å². The lowest BCUT2D eigenvalue weighted by Crippen LogP contribution is -2.35. The van der Waals surface area contributed by atoms with Gasteiger partial charge in [0.25, 0.3) is 0 Å². The zero-order valence-electron chi connectivity index (χ0n) is 20.3. The Bertz CT molecular complexity index is 1010. The van der Waals surface area contributed by atoms with E-state index in [9.17, 15) is 19.2 Å². The van der Waals surface area contributed by atoms with E-state index in [0.29, 0.717) is 40.7 Å². The molecule has 0 bridgehead atoms. The number of allylic oxidation sites excluding steroid dienone is 1. The van der Waals surface area contributed by atoms with Crippen LogP contribution in [0.15, 0.2) is 46.8 Å². The smallest absolute Gasteiger partial charge is 0.336 e. The molecule has 1 aliphatic rings. The number of benzene rings is 1. The van der Waals surface area contributed by atoms with E-state index in [1.807, 2.05) is 0 Å². The van der Waals surface area contributed by atoms with Crippen molar-refractivity contribution in [2.24, 2.45) is 5.73 Å². The van der Waals surface area contributed by atoms with Crippen molar-refractivity contribution in [2.75, 3.05) is 33.5 Å². The minimum atomic E-state index is -1.08. The van der Waals surface area contributed by atoms with Crippen LogP contribution in [-0.2, 0) is 33.4 Å². The van der Waals surface area contributed by atoms with Crippen molar-refractivity contribution in [3.05, 3.63) is 57.4 Å². The van der Waals surface area contributed by atoms with Crippen molar-refractivity contribution >= 4 is 35.5 Å². The molecule has 1 aromatic carbocycles. The van der Waals surface area contributed by atoms with E-state index in [-0.39, 0.29) is 31.6 Å². The highest BCUT2D eigenvalue weighted by atomic mass is 35.5. The quantitative estimate of drug-likeness (QED) is 0.245. The lowest BCUT2D eigenvalue weighted by molar-refractivity contribution is -0.143. The highest BCUT2D eigenvalue weighted by Gasteiger charge is 2.39. The first-order valence-corrected chi connectivity index (χ1v) is 11.4. The number of carboxylic acids is 2. The van der Waals surface area contributed by atoms with Crippen molar-refractivity contribution in [3.63, 3.8) is 0 Å².